The molecule has 3 rings (SSSR count). The lowest BCUT2D eigenvalue weighted by Gasteiger charge is -2.20. The Morgan fingerprint density at radius 3 is 2.26 bits per heavy atom. The lowest BCUT2D eigenvalue weighted by Crippen LogP contribution is -2.32. The van der Waals surface area contributed by atoms with Crippen LogP contribution in [0.1, 0.15) is 60.5 Å². The van der Waals surface area contributed by atoms with Crippen molar-refractivity contribution in [2.24, 2.45) is 0 Å². The molecular formula is C24H32N2O. The Labute approximate surface area is 163 Å². The highest BCUT2D eigenvalue weighted by atomic mass is 16.1. The number of benzene rings is 2. The summed E-state index contributed by atoms with van der Waals surface area (Å²) < 4.78 is 0. The summed E-state index contributed by atoms with van der Waals surface area (Å²) in [4.78, 5) is 15.0. The largest absolute Gasteiger partial charge is 0.350 e. The molecule has 1 heterocycles. The molecule has 3 nitrogen and oxygen atoms in total. The minimum Gasteiger partial charge on any atom is -0.350 e. The van der Waals surface area contributed by atoms with Crippen molar-refractivity contribution in [3.05, 3.63) is 71.3 Å². The van der Waals surface area contributed by atoms with Crippen molar-refractivity contribution in [2.45, 2.75) is 58.0 Å². The van der Waals surface area contributed by atoms with Gasteiger partial charge in [0.1, 0.15) is 0 Å². The van der Waals surface area contributed by atoms with E-state index in [0.29, 0.717) is 0 Å². The third-order valence-electron chi connectivity index (χ3n) is 5.41. The van der Waals surface area contributed by atoms with Crippen molar-refractivity contribution >= 4 is 5.91 Å². The number of amides is 1. The number of nitrogens with one attached hydrogen (secondary N) is 1. The first-order valence-corrected chi connectivity index (χ1v) is 10.4. The minimum absolute atomic E-state index is 0.0249. The van der Waals surface area contributed by atoms with Crippen LogP contribution in [-0.2, 0) is 13.0 Å². The van der Waals surface area contributed by atoms with Gasteiger partial charge in [-0.1, -0.05) is 55.3 Å². The van der Waals surface area contributed by atoms with Crippen molar-refractivity contribution in [2.75, 3.05) is 13.1 Å². The van der Waals surface area contributed by atoms with E-state index in [2.05, 4.69) is 53.5 Å². The van der Waals surface area contributed by atoms with E-state index in [0.717, 1.165) is 24.9 Å². The zero-order valence-corrected chi connectivity index (χ0v) is 16.5. The first-order valence-electron chi connectivity index (χ1n) is 10.4. The zero-order valence-electron chi connectivity index (χ0n) is 16.5. The summed E-state index contributed by atoms with van der Waals surface area (Å²) in [6.07, 6.45) is 7.26. The molecule has 1 fully saturated rings. The molecule has 1 aliphatic heterocycles. The summed E-state index contributed by atoms with van der Waals surface area (Å²) in [5.41, 5.74) is 3.36. The van der Waals surface area contributed by atoms with Crippen LogP contribution in [0, 0.1) is 0 Å². The fourth-order valence-electron chi connectivity index (χ4n) is 3.72. The molecule has 0 aliphatic carbocycles. The molecule has 0 spiro atoms. The van der Waals surface area contributed by atoms with Gasteiger partial charge in [0.25, 0.3) is 5.91 Å². The summed E-state index contributed by atoms with van der Waals surface area (Å²) in [6.45, 7) is 5.46. The molecule has 1 saturated heterocycles. The maximum Gasteiger partial charge on any atom is 0.251 e. The number of carbonyl (C=O) groups is 1. The second-order valence-electron chi connectivity index (χ2n) is 7.79. The summed E-state index contributed by atoms with van der Waals surface area (Å²) in [5.74, 6) is 0.0249. The Morgan fingerprint density at radius 1 is 0.926 bits per heavy atom. The molecule has 1 aliphatic rings. The van der Waals surface area contributed by atoms with Gasteiger partial charge in [0.05, 0.1) is 0 Å². The molecule has 0 unspecified atom stereocenters. The molecule has 27 heavy (non-hydrogen) atoms. The van der Waals surface area contributed by atoms with Crippen molar-refractivity contribution < 1.29 is 4.79 Å². The average Bonchev–Trinajstić information content (AvgIpc) is 2.96. The normalized spacial score (nSPS) is 16.5. The highest BCUT2D eigenvalue weighted by Crippen LogP contribution is 2.14. The predicted octanol–water partition coefficient (Wildman–Crippen LogP) is 4.81. The zero-order chi connectivity index (χ0) is 18.9. The molecular weight excluding hydrogens is 332 g/mol. The number of rotatable bonds is 7. The second-order valence-corrected chi connectivity index (χ2v) is 7.79. The maximum atomic E-state index is 12.5. The number of aryl methyl sites for hydroxylation is 1. The van der Waals surface area contributed by atoms with Crippen molar-refractivity contribution in [3.8, 4) is 0 Å². The maximum absolute atomic E-state index is 12.5. The van der Waals surface area contributed by atoms with Gasteiger partial charge in [-0.15, -0.1) is 0 Å². The standard InChI is InChI=1S/C24H32N2O/c1-20(11-12-21-9-5-4-6-10-21)25-24(27)23-15-13-22(14-16-23)19-26-17-7-2-3-8-18-26/h4-6,9-10,13-16,20H,2-3,7-8,11-12,17-19H2,1H3,(H,25,27)/t20-/m0/s1. The molecule has 0 aromatic heterocycles. The Hall–Kier alpha value is -2.13. The Balaban J connectivity index is 1.46. The van der Waals surface area contributed by atoms with E-state index in [1.807, 2.05) is 18.2 Å². The Kier molecular flexibility index (Phi) is 7.46. The molecule has 144 valence electrons. The molecule has 1 amide bonds. The van der Waals surface area contributed by atoms with Crippen LogP contribution in [0.2, 0.25) is 0 Å². The average molecular weight is 365 g/mol. The third-order valence-corrected chi connectivity index (χ3v) is 5.41. The van der Waals surface area contributed by atoms with Crippen molar-refractivity contribution in [1.82, 2.24) is 10.2 Å². The van der Waals surface area contributed by atoms with Gasteiger partial charge in [-0.05, 0) is 69.0 Å². The first kappa shape index (κ1) is 19.6. The van der Waals surface area contributed by atoms with Crippen LogP contribution in [0.5, 0.6) is 0 Å². The van der Waals surface area contributed by atoms with E-state index < -0.39 is 0 Å². The van der Waals surface area contributed by atoms with Crippen LogP contribution in [0.15, 0.2) is 54.6 Å². The molecule has 2 aromatic carbocycles. The minimum atomic E-state index is 0.0249. The van der Waals surface area contributed by atoms with Gasteiger partial charge >= 0.3 is 0 Å². The molecule has 2 aromatic rings. The van der Waals surface area contributed by atoms with Crippen LogP contribution < -0.4 is 5.32 Å². The van der Waals surface area contributed by atoms with Gasteiger partial charge in [-0.2, -0.15) is 0 Å². The third kappa shape index (κ3) is 6.51. The number of nitrogens with zero attached hydrogens (tertiary/aromatic N) is 1. The SMILES string of the molecule is C[C@@H](CCc1ccccc1)NC(=O)c1ccc(CN2CCCCCC2)cc1. The molecule has 3 heteroatoms. The number of carbonyl (C=O) groups excluding carboxylic acids is 1. The lowest BCUT2D eigenvalue weighted by molar-refractivity contribution is 0.0938. The second kappa shape index (κ2) is 10.3. The van der Waals surface area contributed by atoms with Crippen LogP contribution in [0.25, 0.3) is 0 Å². The molecule has 0 radical (unpaired) electrons. The van der Waals surface area contributed by atoms with E-state index in [-0.39, 0.29) is 11.9 Å². The summed E-state index contributed by atoms with van der Waals surface area (Å²) >= 11 is 0. The Bertz CT molecular complexity index is 688. The number of hydrogen-bond acceptors (Lipinski definition) is 2. The molecule has 0 saturated carbocycles. The van der Waals surface area contributed by atoms with Crippen LogP contribution in [0.4, 0.5) is 0 Å². The van der Waals surface area contributed by atoms with Gasteiger partial charge < -0.3 is 5.32 Å². The van der Waals surface area contributed by atoms with Crippen LogP contribution in [-0.4, -0.2) is 29.9 Å². The van der Waals surface area contributed by atoms with Gasteiger partial charge in [-0.25, -0.2) is 0 Å². The number of hydrogen-bond donors (Lipinski definition) is 1. The fourth-order valence-corrected chi connectivity index (χ4v) is 3.72. The summed E-state index contributed by atoms with van der Waals surface area (Å²) in [7, 11) is 0. The predicted molar refractivity (Wildman–Crippen MR) is 112 cm³/mol. The van der Waals surface area contributed by atoms with Crippen molar-refractivity contribution in [3.63, 3.8) is 0 Å². The smallest absolute Gasteiger partial charge is 0.251 e. The summed E-state index contributed by atoms with van der Waals surface area (Å²) in [6, 6.07) is 18.7. The Morgan fingerprint density at radius 2 is 1.59 bits per heavy atom. The van der Waals surface area contributed by atoms with E-state index in [1.165, 1.54) is 49.9 Å². The highest BCUT2D eigenvalue weighted by Gasteiger charge is 2.12. The van der Waals surface area contributed by atoms with E-state index in [9.17, 15) is 4.79 Å². The van der Waals surface area contributed by atoms with Gasteiger partial charge in [0.15, 0.2) is 0 Å². The topological polar surface area (TPSA) is 32.3 Å². The number of likely N-dealkylation sites (tertiary alicyclic amines) is 1. The van der Waals surface area contributed by atoms with E-state index in [4.69, 9.17) is 0 Å². The lowest BCUT2D eigenvalue weighted by atomic mass is 10.1. The van der Waals surface area contributed by atoms with Gasteiger partial charge in [0.2, 0.25) is 0 Å². The van der Waals surface area contributed by atoms with E-state index >= 15 is 0 Å². The molecule has 0 bridgehead atoms. The van der Waals surface area contributed by atoms with Crippen LogP contribution >= 0.6 is 0 Å². The quantitative estimate of drug-likeness (QED) is 0.764. The van der Waals surface area contributed by atoms with Crippen molar-refractivity contribution in [1.29, 1.82) is 0 Å². The fraction of sp³-hybridized carbons (Fsp3) is 0.458. The monoisotopic (exact) mass is 364 g/mol. The molecule has 1 atom stereocenters. The van der Waals surface area contributed by atoms with Gasteiger partial charge in [-0.3, -0.25) is 9.69 Å². The first-order chi connectivity index (χ1) is 13.2. The summed E-state index contributed by atoms with van der Waals surface area (Å²) in [5, 5.41) is 3.13. The van der Waals surface area contributed by atoms with Gasteiger partial charge in [0, 0.05) is 18.2 Å². The van der Waals surface area contributed by atoms with E-state index in [1.54, 1.807) is 0 Å². The highest BCUT2D eigenvalue weighted by molar-refractivity contribution is 5.94. The molecule has 1 N–H and O–H groups in total. The van der Waals surface area contributed by atoms with Crippen LogP contribution in [0.3, 0.4) is 0 Å².